The van der Waals surface area contributed by atoms with Crippen LogP contribution in [0.1, 0.15) is 15.4 Å². The zero-order valence-corrected chi connectivity index (χ0v) is 12.4. The van der Waals surface area contributed by atoms with E-state index in [0.717, 1.165) is 20.8 Å². The van der Waals surface area contributed by atoms with Crippen molar-refractivity contribution in [1.82, 2.24) is 4.98 Å². The molecule has 4 nitrogen and oxygen atoms in total. The van der Waals surface area contributed by atoms with Crippen molar-refractivity contribution in [3.05, 3.63) is 47.0 Å². The highest BCUT2D eigenvalue weighted by Gasteiger charge is 2.14. The van der Waals surface area contributed by atoms with Gasteiger partial charge in [0, 0.05) is 0 Å². The normalized spacial score (nSPS) is 10.8. The third kappa shape index (κ3) is 2.48. The molecule has 3 rings (SSSR count). The molecule has 0 aliphatic rings. The number of carboxylic acids is 1. The summed E-state index contributed by atoms with van der Waals surface area (Å²) in [6, 6.07) is 10.9. The molecule has 0 radical (unpaired) electrons. The summed E-state index contributed by atoms with van der Waals surface area (Å²) >= 11 is 1.63. The Labute approximate surface area is 125 Å². The quantitative estimate of drug-likeness (QED) is 0.794. The van der Waals surface area contributed by atoms with E-state index >= 15 is 0 Å². The van der Waals surface area contributed by atoms with Crippen molar-refractivity contribution in [3.63, 3.8) is 0 Å². The molecular formula is C16H13NO3S. The highest BCUT2D eigenvalue weighted by molar-refractivity contribution is 7.18. The Morgan fingerprint density at radius 2 is 2.05 bits per heavy atom. The average Bonchev–Trinajstić information content (AvgIpc) is 2.85. The molecule has 2 aromatic carbocycles. The van der Waals surface area contributed by atoms with Gasteiger partial charge >= 0.3 is 5.97 Å². The van der Waals surface area contributed by atoms with Gasteiger partial charge in [-0.15, -0.1) is 11.3 Å². The molecule has 0 bridgehead atoms. The van der Waals surface area contributed by atoms with E-state index in [4.69, 9.17) is 4.74 Å². The zero-order valence-electron chi connectivity index (χ0n) is 11.6. The standard InChI is InChI=1S/C16H13NO3S/c1-9-17-14-7-10(3-6-15(14)21-9)12-5-4-11(20-2)8-13(12)16(18)19/h3-8H,1-2H3,(H,18,19). The highest BCUT2D eigenvalue weighted by atomic mass is 32.1. The first-order valence-electron chi connectivity index (χ1n) is 6.37. The molecule has 0 unspecified atom stereocenters. The van der Waals surface area contributed by atoms with Crippen molar-refractivity contribution in [3.8, 4) is 16.9 Å². The number of aryl methyl sites for hydroxylation is 1. The van der Waals surface area contributed by atoms with Gasteiger partial charge in [0.15, 0.2) is 0 Å². The number of nitrogens with zero attached hydrogens (tertiary/aromatic N) is 1. The third-order valence-electron chi connectivity index (χ3n) is 3.26. The van der Waals surface area contributed by atoms with E-state index in [1.54, 1.807) is 23.5 Å². The van der Waals surface area contributed by atoms with Crippen LogP contribution in [-0.4, -0.2) is 23.2 Å². The Kier molecular flexibility index (Phi) is 3.35. The van der Waals surface area contributed by atoms with Gasteiger partial charge in [-0.25, -0.2) is 9.78 Å². The van der Waals surface area contributed by atoms with Gasteiger partial charge in [0.25, 0.3) is 0 Å². The third-order valence-corrected chi connectivity index (χ3v) is 4.21. The zero-order chi connectivity index (χ0) is 15.0. The lowest BCUT2D eigenvalue weighted by molar-refractivity contribution is 0.0697. The van der Waals surface area contributed by atoms with Gasteiger partial charge in [-0.3, -0.25) is 0 Å². The average molecular weight is 299 g/mol. The van der Waals surface area contributed by atoms with Crippen molar-refractivity contribution in [1.29, 1.82) is 0 Å². The molecule has 0 aliphatic heterocycles. The molecule has 0 saturated carbocycles. The van der Waals surface area contributed by atoms with Crippen LogP contribution < -0.4 is 4.74 Å². The van der Waals surface area contributed by atoms with Crippen molar-refractivity contribution in [2.75, 3.05) is 7.11 Å². The van der Waals surface area contributed by atoms with Gasteiger partial charge in [-0.2, -0.15) is 0 Å². The number of fused-ring (bicyclic) bond motifs is 1. The Hall–Kier alpha value is -2.40. The first-order valence-corrected chi connectivity index (χ1v) is 7.19. The van der Waals surface area contributed by atoms with E-state index in [-0.39, 0.29) is 5.56 Å². The molecule has 0 fully saturated rings. The van der Waals surface area contributed by atoms with Gasteiger partial charge in [0.05, 0.1) is 27.9 Å². The van der Waals surface area contributed by atoms with E-state index < -0.39 is 5.97 Å². The number of thiazole rings is 1. The van der Waals surface area contributed by atoms with Crippen molar-refractivity contribution in [2.24, 2.45) is 0 Å². The molecule has 0 atom stereocenters. The molecule has 0 spiro atoms. The minimum absolute atomic E-state index is 0.223. The molecule has 0 aliphatic carbocycles. The largest absolute Gasteiger partial charge is 0.497 e. The monoisotopic (exact) mass is 299 g/mol. The second-order valence-electron chi connectivity index (χ2n) is 4.63. The van der Waals surface area contributed by atoms with E-state index in [2.05, 4.69) is 4.98 Å². The SMILES string of the molecule is COc1ccc(-c2ccc3sc(C)nc3c2)c(C(=O)O)c1. The Morgan fingerprint density at radius 1 is 1.24 bits per heavy atom. The molecule has 21 heavy (non-hydrogen) atoms. The highest BCUT2D eigenvalue weighted by Crippen LogP contribution is 2.31. The lowest BCUT2D eigenvalue weighted by atomic mass is 9.99. The van der Waals surface area contributed by atoms with Crippen LogP contribution in [-0.2, 0) is 0 Å². The smallest absolute Gasteiger partial charge is 0.336 e. The van der Waals surface area contributed by atoms with Gasteiger partial charge in [0.2, 0.25) is 0 Å². The van der Waals surface area contributed by atoms with E-state index in [1.807, 2.05) is 25.1 Å². The van der Waals surface area contributed by atoms with Crippen LogP contribution in [0.2, 0.25) is 0 Å². The number of aromatic nitrogens is 1. The molecule has 0 amide bonds. The molecule has 3 aromatic rings. The number of ether oxygens (including phenoxy) is 1. The summed E-state index contributed by atoms with van der Waals surface area (Å²) in [6.07, 6.45) is 0. The maximum absolute atomic E-state index is 11.5. The van der Waals surface area contributed by atoms with Crippen LogP contribution in [0.5, 0.6) is 5.75 Å². The molecule has 106 valence electrons. The lowest BCUT2D eigenvalue weighted by Crippen LogP contribution is -2.00. The number of carboxylic acid groups (broad SMARTS) is 1. The Bertz CT molecular complexity index is 839. The summed E-state index contributed by atoms with van der Waals surface area (Å²) in [5, 5.41) is 10.4. The first-order chi connectivity index (χ1) is 10.1. The summed E-state index contributed by atoms with van der Waals surface area (Å²) in [6.45, 7) is 1.96. The maximum atomic E-state index is 11.5. The number of rotatable bonds is 3. The van der Waals surface area contributed by atoms with Gasteiger partial charge < -0.3 is 9.84 Å². The molecule has 5 heteroatoms. The van der Waals surface area contributed by atoms with Crippen LogP contribution >= 0.6 is 11.3 Å². The number of aromatic carboxylic acids is 1. The number of benzene rings is 2. The van der Waals surface area contributed by atoms with Crippen LogP contribution in [0.25, 0.3) is 21.3 Å². The molecule has 1 heterocycles. The second-order valence-corrected chi connectivity index (χ2v) is 5.87. The molecule has 1 N–H and O–H groups in total. The fourth-order valence-electron chi connectivity index (χ4n) is 2.29. The van der Waals surface area contributed by atoms with Crippen LogP contribution in [0.4, 0.5) is 0 Å². The predicted molar refractivity (Wildman–Crippen MR) is 83.3 cm³/mol. The van der Waals surface area contributed by atoms with Crippen molar-refractivity contribution < 1.29 is 14.6 Å². The summed E-state index contributed by atoms with van der Waals surface area (Å²) in [4.78, 5) is 15.9. The summed E-state index contributed by atoms with van der Waals surface area (Å²) in [5.41, 5.74) is 2.62. The van der Waals surface area contributed by atoms with E-state index in [1.165, 1.54) is 13.2 Å². The lowest BCUT2D eigenvalue weighted by Gasteiger charge is -2.08. The minimum atomic E-state index is -0.974. The van der Waals surface area contributed by atoms with E-state index in [0.29, 0.717) is 11.3 Å². The number of carbonyl (C=O) groups is 1. The van der Waals surface area contributed by atoms with Crippen LogP contribution in [0.3, 0.4) is 0 Å². The Balaban J connectivity index is 2.19. The van der Waals surface area contributed by atoms with Gasteiger partial charge in [0.1, 0.15) is 5.75 Å². The Morgan fingerprint density at radius 3 is 2.76 bits per heavy atom. The first kappa shape index (κ1) is 13.6. The minimum Gasteiger partial charge on any atom is -0.497 e. The molecule has 1 aromatic heterocycles. The fourth-order valence-corrected chi connectivity index (χ4v) is 3.10. The predicted octanol–water partition coefficient (Wildman–Crippen LogP) is 3.98. The fraction of sp³-hybridized carbons (Fsp3) is 0.125. The van der Waals surface area contributed by atoms with Crippen molar-refractivity contribution >= 4 is 27.5 Å². The number of methoxy groups -OCH3 is 1. The number of hydrogen-bond acceptors (Lipinski definition) is 4. The second kappa shape index (κ2) is 5.18. The summed E-state index contributed by atoms with van der Waals surface area (Å²) in [5.74, 6) is -0.444. The van der Waals surface area contributed by atoms with Gasteiger partial charge in [-0.1, -0.05) is 6.07 Å². The molecule has 0 saturated heterocycles. The van der Waals surface area contributed by atoms with Gasteiger partial charge in [-0.05, 0) is 48.4 Å². The van der Waals surface area contributed by atoms with Crippen LogP contribution in [0, 0.1) is 6.92 Å². The number of hydrogen-bond donors (Lipinski definition) is 1. The summed E-state index contributed by atoms with van der Waals surface area (Å²) < 4.78 is 6.19. The van der Waals surface area contributed by atoms with Crippen LogP contribution in [0.15, 0.2) is 36.4 Å². The summed E-state index contributed by atoms with van der Waals surface area (Å²) in [7, 11) is 1.52. The molecular weight excluding hydrogens is 286 g/mol. The van der Waals surface area contributed by atoms with E-state index in [9.17, 15) is 9.90 Å². The maximum Gasteiger partial charge on any atom is 0.336 e. The van der Waals surface area contributed by atoms with Crippen molar-refractivity contribution in [2.45, 2.75) is 6.92 Å². The topological polar surface area (TPSA) is 59.4 Å².